The van der Waals surface area contributed by atoms with E-state index in [9.17, 15) is 24.3 Å². The Hall–Kier alpha value is -3.44. The Morgan fingerprint density at radius 1 is 1.14 bits per heavy atom. The van der Waals surface area contributed by atoms with Gasteiger partial charge in [0.1, 0.15) is 10.6 Å². The number of carboxylic acid groups (broad SMARTS) is 1. The molecule has 0 aliphatic carbocycles. The topological polar surface area (TPSA) is 119 Å². The lowest BCUT2D eigenvalue weighted by molar-refractivity contribution is -0.154. The molecule has 3 fully saturated rings. The zero-order chi connectivity index (χ0) is 30.2. The maximum absolute atomic E-state index is 13.9. The van der Waals surface area contributed by atoms with E-state index >= 15 is 0 Å². The van der Waals surface area contributed by atoms with E-state index in [1.54, 1.807) is 19.2 Å². The van der Waals surface area contributed by atoms with Gasteiger partial charge in [0.25, 0.3) is 5.91 Å². The highest BCUT2D eigenvalue weighted by Gasteiger charge is 2.54. The van der Waals surface area contributed by atoms with E-state index in [0.29, 0.717) is 42.8 Å². The minimum atomic E-state index is -1.00. The largest absolute Gasteiger partial charge is 0.478 e. The van der Waals surface area contributed by atoms with E-state index in [-0.39, 0.29) is 23.5 Å². The second-order valence-corrected chi connectivity index (χ2v) is 13.3. The molecule has 2 N–H and O–H groups in total. The van der Waals surface area contributed by atoms with Gasteiger partial charge in [0.05, 0.1) is 16.5 Å². The van der Waals surface area contributed by atoms with E-state index in [0.717, 1.165) is 49.1 Å². The number of hydrogen-bond donors (Lipinski definition) is 2. The molecule has 3 amide bonds. The normalized spacial score (nSPS) is 22.7. The fraction of sp³-hybridized carbons (Fsp3) is 0.548. The highest BCUT2D eigenvalue weighted by atomic mass is 32.1. The molecule has 4 heterocycles. The third-order valence-corrected chi connectivity index (χ3v) is 10.00. The van der Waals surface area contributed by atoms with Crippen molar-refractivity contribution >= 4 is 40.2 Å². The summed E-state index contributed by atoms with van der Waals surface area (Å²) in [6.45, 7) is 9.11. The third kappa shape index (κ3) is 5.89. The SMILES string of the molecule is CCNC(=O)N(C)c1sc(-c2ccc(C(=O)O)cc2)cc1C(=O)N1CCC(N2CCCC3(C2)CC(C)(C)OC3=O)CC1. The van der Waals surface area contributed by atoms with E-state index in [1.165, 1.54) is 28.4 Å². The number of likely N-dealkylation sites (tertiary alicyclic amines) is 2. The lowest BCUT2D eigenvalue weighted by Gasteiger charge is -2.44. The average Bonchev–Trinajstić information content (AvgIpc) is 3.50. The number of carboxylic acids is 1. The van der Waals surface area contributed by atoms with Gasteiger partial charge in [-0.25, -0.2) is 9.59 Å². The summed E-state index contributed by atoms with van der Waals surface area (Å²) in [4.78, 5) is 57.4. The minimum absolute atomic E-state index is 0.0700. The molecular weight excluding hydrogens is 556 g/mol. The molecule has 1 unspecified atom stereocenters. The molecule has 1 aromatic carbocycles. The number of hydrogen-bond acceptors (Lipinski definition) is 7. The second-order valence-electron chi connectivity index (χ2n) is 12.3. The van der Waals surface area contributed by atoms with Crippen molar-refractivity contribution in [2.45, 2.75) is 64.5 Å². The van der Waals surface area contributed by atoms with Crippen LogP contribution in [0.3, 0.4) is 0 Å². The number of carbonyl (C=O) groups is 4. The average molecular weight is 597 g/mol. The van der Waals surface area contributed by atoms with Crippen molar-refractivity contribution in [1.82, 2.24) is 15.1 Å². The molecule has 3 aliphatic rings. The Morgan fingerprint density at radius 3 is 2.43 bits per heavy atom. The number of piperidine rings is 2. The van der Waals surface area contributed by atoms with Crippen molar-refractivity contribution in [2.24, 2.45) is 5.41 Å². The first kappa shape index (κ1) is 30.0. The predicted molar refractivity (Wildman–Crippen MR) is 161 cm³/mol. The Bertz CT molecular complexity index is 1360. The standard InChI is InChI=1S/C31H40N4O6S/c1-5-32-29(40)33(4)26-23(17-24(42-26)20-7-9-21(10-8-20)27(37)38)25(36)34-15-11-22(12-16-34)35-14-6-13-31(19-35)18-30(2,3)41-28(31)39/h7-10,17,22H,5-6,11-16,18-19H2,1-4H3,(H,32,40)(H,37,38). The van der Waals surface area contributed by atoms with E-state index in [4.69, 9.17) is 4.74 Å². The van der Waals surface area contributed by atoms with Crippen LogP contribution in [-0.4, -0.2) is 90.2 Å². The second kappa shape index (κ2) is 11.7. The molecule has 2 aromatic rings. The number of nitrogens with one attached hydrogen (secondary N) is 1. The van der Waals surface area contributed by atoms with E-state index in [2.05, 4.69) is 10.2 Å². The third-order valence-electron chi connectivity index (χ3n) is 8.74. The Balaban J connectivity index is 1.32. The van der Waals surface area contributed by atoms with Crippen LogP contribution in [-0.2, 0) is 9.53 Å². The van der Waals surface area contributed by atoms with Crippen LogP contribution >= 0.6 is 11.3 Å². The van der Waals surface area contributed by atoms with Crippen molar-refractivity contribution in [1.29, 1.82) is 0 Å². The van der Waals surface area contributed by atoms with E-state index in [1.807, 2.05) is 31.7 Å². The Labute approximate surface area is 250 Å². The Kier molecular flexibility index (Phi) is 8.35. The molecule has 3 saturated heterocycles. The maximum atomic E-state index is 13.9. The fourth-order valence-corrected chi connectivity index (χ4v) is 7.86. The summed E-state index contributed by atoms with van der Waals surface area (Å²) in [6.07, 6.45) is 4.20. The molecule has 5 rings (SSSR count). The smallest absolute Gasteiger partial charge is 0.335 e. The molecule has 226 valence electrons. The first-order valence-corrected chi connectivity index (χ1v) is 15.5. The highest BCUT2D eigenvalue weighted by Crippen LogP contribution is 2.47. The molecule has 3 aliphatic heterocycles. The summed E-state index contributed by atoms with van der Waals surface area (Å²) in [6, 6.07) is 8.32. The predicted octanol–water partition coefficient (Wildman–Crippen LogP) is 4.69. The van der Waals surface area contributed by atoms with Crippen molar-refractivity contribution in [3.8, 4) is 10.4 Å². The van der Waals surface area contributed by atoms with Gasteiger partial charge in [-0.05, 0) is 76.8 Å². The van der Waals surface area contributed by atoms with Gasteiger partial charge in [0.2, 0.25) is 0 Å². The summed E-state index contributed by atoms with van der Waals surface area (Å²) in [5.41, 5.74) is 0.566. The lowest BCUT2D eigenvalue weighted by Crippen LogP contribution is -2.53. The number of amides is 3. The monoisotopic (exact) mass is 596 g/mol. The van der Waals surface area contributed by atoms with Gasteiger partial charge in [-0.1, -0.05) is 12.1 Å². The summed E-state index contributed by atoms with van der Waals surface area (Å²) >= 11 is 1.33. The van der Waals surface area contributed by atoms with Crippen molar-refractivity contribution in [3.05, 3.63) is 41.5 Å². The van der Waals surface area contributed by atoms with Gasteiger partial charge in [0.15, 0.2) is 0 Å². The Morgan fingerprint density at radius 2 is 1.83 bits per heavy atom. The van der Waals surface area contributed by atoms with Gasteiger partial charge in [-0.15, -0.1) is 11.3 Å². The van der Waals surface area contributed by atoms with Crippen LogP contribution in [0, 0.1) is 5.41 Å². The van der Waals surface area contributed by atoms with E-state index < -0.39 is 17.0 Å². The van der Waals surface area contributed by atoms with Crippen molar-refractivity contribution < 1.29 is 29.0 Å². The molecule has 0 bridgehead atoms. The molecule has 42 heavy (non-hydrogen) atoms. The summed E-state index contributed by atoms with van der Waals surface area (Å²) in [5, 5.41) is 12.6. The quantitative estimate of drug-likeness (QED) is 0.465. The van der Waals surface area contributed by atoms with Gasteiger partial charge >= 0.3 is 18.0 Å². The molecule has 1 spiro atoms. The van der Waals surface area contributed by atoms with Gasteiger partial charge in [-0.3, -0.25) is 19.4 Å². The zero-order valence-electron chi connectivity index (χ0n) is 24.8. The number of urea groups is 1. The number of aromatic carboxylic acids is 1. The number of carbonyl (C=O) groups excluding carboxylic acids is 3. The fourth-order valence-electron chi connectivity index (χ4n) is 6.74. The van der Waals surface area contributed by atoms with Gasteiger partial charge in [-0.2, -0.15) is 0 Å². The van der Waals surface area contributed by atoms with Gasteiger partial charge < -0.3 is 20.1 Å². The molecule has 0 radical (unpaired) electrons. The van der Waals surface area contributed by atoms with Crippen LogP contribution in [0.5, 0.6) is 0 Å². The lowest BCUT2D eigenvalue weighted by atomic mass is 9.74. The number of rotatable bonds is 6. The van der Waals surface area contributed by atoms with Crippen molar-refractivity contribution in [2.75, 3.05) is 44.7 Å². The number of esters is 1. The van der Waals surface area contributed by atoms with Gasteiger partial charge in [0, 0.05) is 50.6 Å². The molecule has 0 saturated carbocycles. The number of benzene rings is 1. The highest BCUT2D eigenvalue weighted by molar-refractivity contribution is 7.20. The first-order chi connectivity index (χ1) is 19.9. The zero-order valence-corrected chi connectivity index (χ0v) is 25.6. The maximum Gasteiger partial charge on any atom is 0.335 e. The van der Waals surface area contributed by atoms with Crippen LogP contribution in [0.15, 0.2) is 30.3 Å². The van der Waals surface area contributed by atoms with Crippen LogP contribution < -0.4 is 10.2 Å². The number of nitrogens with zero attached hydrogens (tertiary/aromatic N) is 3. The molecular formula is C31H40N4O6S. The van der Waals surface area contributed by atoms with Crippen molar-refractivity contribution in [3.63, 3.8) is 0 Å². The first-order valence-electron chi connectivity index (χ1n) is 14.7. The number of thiophene rings is 1. The van der Waals surface area contributed by atoms with Crippen LogP contribution in [0.4, 0.5) is 9.80 Å². The molecule has 1 atom stereocenters. The number of anilines is 1. The summed E-state index contributed by atoms with van der Waals surface area (Å²) < 4.78 is 5.71. The summed E-state index contributed by atoms with van der Waals surface area (Å²) in [5.74, 6) is -1.20. The summed E-state index contributed by atoms with van der Waals surface area (Å²) in [7, 11) is 1.65. The van der Waals surface area contributed by atoms with Crippen LogP contribution in [0.25, 0.3) is 10.4 Å². The van der Waals surface area contributed by atoms with Crippen LogP contribution in [0.2, 0.25) is 0 Å². The number of cyclic esters (lactones) is 1. The number of ether oxygens (including phenoxy) is 1. The molecule has 1 aromatic heterocycles. The molecule has 11 heteroatoms. The minimum Gasteiger partial charge on any atom is -0.478 e. The van der Waals surface area contributed by atoms with Crippen LogP contribution in [0.1, 0.15) is 73.6 Å². The molecule has 10 nitrogen and oxygen atoms in total.